The predicted molar refractivity (Wildman–Crippen MR) is 319 cm³/mol. The number of nitrogens with zero attached hydrogens (tertiary/aromatic N) is 4. The number of carbonyl (C=O) groups excluding carboxylic acids is 1. The highest BCUT2D eigenvalue weighted by atomic mass is 16.2. The third-order valence-electron chi connectivity index (χ3n) is 14.1. The molecule has 0 aromatic heterocycles. The number of carbonyl (C=O) groups is 1. The number of allylic oxidation sites excluding steroid dienone is 1. The van der Waals surface area contributed by atoms with Gasteiger partial charge in [0.05, 0.1) is 17.1 Å². The van der Waals surface area contributed by atoms with Crippen molar-refractivity contribution in [3.05, 3.63) is 271 Å². The number of aliphatic imine (C=N–C) groups is 2. The molecule has 1 N–H and O–H groups in total. The van der Waals surface area contributed by atoms with Gasteiger partial charge in [-0.3, -0.25) is 14.8 Å². The Kier molecular flexibility index (Phi) is 15.5. The highest BCUT2D eigenvalue weighted by Crippen LogP contribution is 2.46. The quantitative estimate of drug-likeness (QED) is 0.146. The number of para-hydroxylation sites is 4. The lowest BCUT2D eigenvalue weighted by Crippen LogP contribution is -2.24. The van der Waals surface area contributed by atoms with Crippen LogP contribution in [0.15, 0.2) is 259 Å². The smallest absolute Gasteiger partial charge is 0.150 e. The molecule has 12 rings (SSSR count). The SMILES string of the molecule is CC1(C)C(/C=C/c2ccc(N(c3ccccc3)c3ccccc3)cc2)=Nc2ccc3ccccc3c21.CC1=Nc2ccc3ccccc3c2C1(C)C.CO.O=Cc1ccc(N(c2ccccc2)c2ccccc2)cc1. The van der Waals surface area contributed by atoms with E-state index in [9.17, 15) is 4.79 Å². The zero-order chi connectivity index (χ0) is 52.4. The van der Waals surface area contributed by atoms with Gasteiger partial charge in [-0.1, -0.05) is 179 Å². The molecule has 0 radical (unpaired) electrons. The van der Waals surface area contributed by atoms with Gasteiger partial charge >= 0.3 is 0 Å². The van der Waals surface area contributed by atoms with Crippen LogP contribution < -0.4 is 9.80 Å². The monoisotopic (exact) mass is 978 g/mol. The summed E-state index contributed by atoms with van der Waals surface area (Å²) in [5.41, 5.74) is 15.6. The Morgan fingerprint density at radius 2 is 0.720 bits per heavy atom. The van der Waals surface area contributed by atoms with Gasteiger partial charge in [0, 0.05) is 63.3 Å². The van der Waals surface area contributed by atoms with Gasteiger partial charge in [-0.05, 0) is 148 Å². The lowest BCUT2D eigenvalue weighted by Gasteiger charge is -2.25. The molecular weight excluding hydrogens is 917 g/mol. The number of aldehydes is 1. The predicted octanol–water partition coefficient (Wildman–Crippen LogP) is 18.2. The molecule has 10 aromatic rings. The molecule has 0 amide bonds. The van der Waals surface area contributed by atoms with Crippen molar-refractivity contribution < 1.29 is 9.90 Å². The highest BCUT2D eigenvalue weighted by Gasteiger charge is 2.35. The van der Waals surface area contributed by atoms with Crippen molar-refractivity contribution in [3.63, 3.8) is 0 Å². The van der Waals surface area contributed by atoms with Crippen LogP contribution in [-0.4, -0.2) is 29.9 Å². The molecule has 0 unspecified atom stereocenters. The van der Waals surface area contributed by atoms with E-state index in [4.69, 9.17) is 10.1 Å². The van der Waals surface area contributed by atoms with Crippen molar-refractivity contribution >= 4 is 90.8 Å². The maximum Gasteiger partial charge on any atom is 0.150 e. The number of aliphatic hydroxyl groups excluding tert-OH is 1. The van der Waals surface area contributed by atoms with E-state index in [1.54, 1.807) is 0 Å². The van der Waals surface area contributed by atoms with Crippen molar-refractivity contribution in [2.24, 2.45) is 9.98 Å². The summed E-state index contributed by atoms with van der Waals surface area (Å²) in [6.45, 7) is 11.2. The molecular formula is C69H62N4O2. The van der Waals surface area contributed by atoms with Crippen molar-refractivity contribution in [3.8, 4) is 0 Å². The van der Waals surface area contributed by atoms with Crippen molar-refractivity contribution in [1.82, 2.24) is 0 Å². The average molecular weight is 979 g/mol. The standard InChI is InChI=1S/C34H28N2.C19H15NO.C15H15N.CH4O/c1-34(2)32(35-31-23-20-26-11-9-10-16-30(26)33(31)34)24-19-25-17-21-29(22-18-25)36(27-12-5-3-6-13-27)28-14-7-4-8-15-28;21-15-16-11-13-19(14-12-16)20(17-7-3-1-4-8-17)18-9-5-2-6-10-18;1-10-15(2,3)14-12-7-5-4-6-11(12)8-9-13(14)16-10;1-2/h3-24H,1-2H3;1-15H;4-9H,1-3H3;2H,1H3/b24-19+;;;. The van der Waals surface area contributed by atoms with E-state index >= 15 is 0 Å². The number of benzene rings is 10. The second-order valence-electron chi connectivity index (χ2n) is 19.5. The summed E-state index contributed by atoms with van der Waals surface area (Å²) in [6.07, 6.45) is 5.21. The molecule has 10 aromatic carbocycles. The summed E-state index contributed by atoms with van der Waals surface area (Å²) in [5, 5.41) is 12.2. The molecule has 0 atom stereocenters. The van der Waals surface area contributed by atoms with E-state index in [1.165, 1.54) is 38.4 Å². The van der Waals surface area contributed by atoms with Gasteiger partial charge < -0.3 is 14.9 Å². The summed E-state index contributed by atoms with van der Waals surface area (Å²) in [6, 6.07) is 83.4. The van der Waals surface area contributed by atoms with E-state index in [-0.39, 0.29) is 10.8 Å². The van der Waals surface area contributed by atoms with Crippen LogP contribution in [0.3, 0.4) is 0 Å². The molecule has 2 aliphatic heterocycles. The van der Waals surface area contributed by atoms with Gasteiger partial charge in [0.15, 0.2) is 0 Å². The number of hydrogen-bond donors (Lipinski definition) is 1. The normalized spacial score (nSPS) is 13.4. The zero-order valence-electron chi connectivity index (χ0n) is 43.5. The molecule has 370 valence electrons. The molecule has 0 saturated carbocycles. The highest BCUT2D eigenvalue weighted by molar-refractivity contribution is 6.14. The molecule has 0 spiro atoms. The van der Waals surface area contributed by atoms with Crippen LogP contribution >= 0.6 is 0 Å². The summed E-state index contributed by atoms with van der Waals surface area (Å²) >= 11 is 0. The second kappa shape index (κ2) is 22.8. The Morgan fingerprint density at radius 3 is 1.13 bits per heavy atom. The minimum Gasteiger partial charge on any atom is -0.400 e. The van der Waals surface area contributed by atoms with Gasteiger partial charge in [-0.15, -0.1) is 0 Å². The van der Waals surface area contributed by atoms with Crippen LogP contribution in [-0.2, 0) is 10.8 Å². The number of anilines is 6. The average Bonchev–Trinajstić information content (AvgIpc) is 3.87. The van der Waals surface area contributed by atoms with E-state index in [0.717, 1.165) is 70.2 Å². The van der Waals surface area contributed by atoms with Gasteiger partial charge in [0.25, 0.3) is 0 Å². The minimum atomic E-state index is -0.149. The van der Waals surface area contributed by atoms with Crippen LogP contribution in [0.5, 0.6) is 0 Å². The molecule has 0 bridgehead atoms. The Hall–Kier alpha value is -8.97. The van der Waals surface area contributed by atoms with Crippen LogP contribution in [0.1, 0.15) is 61.7 Å². The molecule has 2 aliphatic rings. The van der Waals surface area contributed by atoms with Crippen LogP contribution in [0, 0.1) is 0 Å². The first-order valence-corrected chi connectivity index (χ1v) is 25.4. The Balaban J connectivity index is 0.000000149. The number of fused-ring (bicyclic) bond motifs is 6. The number of aliphatic hydroxyl groups is 1. The Morgan fingerprint density at radius 1 is 0.373 bits per heavy atom. The van der Waals surface area contributed by atoms with Crippen LogP contribution in [0.25, 0.3) is 27.6 Å². The first kappa shape index (κ1) is 51.0. The van der Waals surface area contributed by atoms with Crippen LogP contribution in [0.2, 0.25) is 0 Å². The number of rotatable bonds is 9. The number of hydrogen-bond acceptors (Lipinski definition) is 6. The van der Waals surface area contributed by atoms with Crippen molar-refractivity contribution in [2.45, 2.75) is 45.4 Å². The zero-order valence-corrected chi connectivity index (χ0v) is 43.5. The fourth-order valence-corrected chi connectivity index (χ4v) is 9.98. The molecule has 75 heavy (non-hydrogen) atoms. The van der Waals surface area contributed by atoms with E-state index in [0.29, 0.717) is 5.56 Å². The van der Waals surface area contributed by atoms with Crippen molar-refractivity contribution in [2.75, 3.05) is 16.9 Å². The molecule has 2 heterocycles. The fourth-order valence-electron chi connectivity index (χ4n) is 9.98. The topological polar surface area (TPSA) is 68.5 Å². The molecule has 0 aliphatic carbocycles. The lowest BCUT2D eigenvalue weighted by molar-refractivity contribution is 0.112. The lowest BCUT2D eigenvalue weighted by atomic mass is 9.79. The van der Waals surface area contributed by atoms with Crippen LogP contribution in [0.4, 0.5) is 45.5 Å². The summed E-state index contributed by atoms with van der Waals surface area (Å²) in [7, 11) is 1.00. The van der Waals surface area contributed by atoms with Gasteiger partial charge in [0.2, 0.25) is 0 Å². The fraction of sp³-hybridized carbons (Fsp3) is 0.116. The summed E-state index contributed by atoms with van der Waals surface area (Å²) in [5.74, 6) is 0. The molecule has 0 saturated heterocycles. The molecule has 6 nitrogen and oxygen atoms in total. The van der Waals surface area contributed by atoms with Gasteiger partial charge in [-0.25, -0.2) is 0 Å². The first-order valence-electron chi connectivity index (χ1n) is 25.4. The first-order chi connectivity index (χ1) is 36.6. The van der Waals surface area contributed by atoms with E-state index in [1.807, 2.05) is 60.7 Å². The largest absolute Gasteiger partial charge is 0.400 e. The Labute approximate surface area is 442 Å². The van der Waals surface area contributed by atoms with Crippen molar-refractivity contribution in [1.29, 1.82) is 0 Å². The Bertz CT molecular complexity index is 3550. The summed E-state index contributed by atoms with van der Waals surface area (Å²) in [4.78, 5) is 24.9. The van der Waals surface area contributed by atoms with E-state index in [2.05, 4.69) is 244 Å². The third kappa shape index (κ3) is 10.9. The third-order valence-corrected chi connectivity index (χ3v) is 14.1. The molecule has 6 heteroatoms. The maximum absolute atomic E-state index is 10.8. The summed E-state index contributed by atoms with van der Waals surface area (Å²) < 4.78 is 0. The van der Waals surface area contributed by atoms with E-state index < -0.39 is 0 Å². The maximum atomic E-state index is 10.8. The van der Waals surface area contributed by atoms with Gasteiger partial charge in [-0.2, -0.15) is 0 Å². The molecule has 0 fully saturated rings. The second-order valence-corrected chi connectivity index (χ2v) is 19.5. The minimum absolute atomic E-state index is 0.0657. The van der Waals surface area contributed by atoms with Gasteiger partial charge in [0.1, 0.15) is 6.29 Å².